The molecule has 0 spiro atoms. The van der Waals surface area contributed by atoms with E-state index < -0.39 is 17.6 Å². The van der Waals surface area contributed by atoms with E-state index in [2.05, 4.69) is 15.6 Å². The molecule has 0 aliphatic carbocycles. The molecule has 1 aliphatic heterocycles. The molecule has 1 atom stereocenters. The third kappa shape index (κ3) is 3.91. The summed E-state index contributed by atoms with van der Waals surface area (Å²) in [5.74, 6) is -0.699. The monoisotopic (exact) mass is 385 g/mol. The SMILES string of the molecule is NC(=O)/C(=C(\N)N[C@@H]1CCCNC1)c1nc2cc(C(F)(F)F)ccc2s1. The Morgan fingerprint density at radius 3 is 2.73 bits per heavy atom. The van der Waals surface area contributed by atoms with Gasteiger partial charge in [-0.2, -0.15) is 13.2 Å². The lowest BCUT2D eigenvalue weighted by Crippen LogP contribution is -2.44. The second-order valence-electron chi connectivity index (χ2n) is 6.04. The highest BCUT2D eigenvalue weighted by Crippen LogP contribution is 2.34. The van der Waals surface area contributed by atoms with Crippen LogP contribution in [-0.2, 0) is 11.0 Å². The molecule has 10 heteroatoms. The van der Waals surface area contributed by atoms with E-state index in [1.54, 1.807) is 0 Å². The van der Waals surface area contributed by atoms with Crippen molar-refractivity contribution in [2.24, 2.45) is 11.5 Å². The van der Waals surface area contributed by atoms with E-state index in [9.17, 15) is 18.0 Å². The van der Waals surface area contributed by atoms with Gasteiger partial charge < -0.3 is 22.1 Å². The van der Waals surface area contributed by atoms with Crippen molar-refractivity contribution in [3.8, 4) is 0 Å². The van der Waals surface area contributed by atoms with Crippen LogP contribution in [-0.4, -0.2) is 30.0 Å². The van der Waals surface area contributed by atoms with E-state index in [1.165, 1.54) is 6.07 Å². The van der Waals surface area contributed by atoms with Gasteiger partial charge >= 0.3 is 6.18 Å². The summed E-state index contributed by atoms with van der Waals surface area (Å²) in [6.07, 6.45) is -2.61. The normalized spacial score (nSPS) is 19.3. The predicted octanol–water partition coefficient (Wildman–Crippen LogP) is 1.77. The van der Waals surface area contributed by atoms with Gasteiger partial charge in [-0.25, -0.2) is 4.98 Å². The predicted molar refractivity (Wildman–Crippen MR) is 94.0 cm³/mol. The van der Waals surface area contributed by atoms with Crippen LogP contribution in [0.15, 0.2) is 24.0 Å². The van der Waals surface area contributed by atoms with Crippen molar-refractivity contribution >= 4 is 33.0 Å². The number of hydrogen-bond acceptors (Lipinski definition) is 6. The fourth-order valence-corrected chi connectivity index (χ4v) is 3.84. The topological polar surface area (TPSA) is 106 Å². The number of nitrogens with two attached hydrogens (primary N) is 2. The van der Waals surface area contributed by atoms with Gasteiger partial charge in [0.2, 0.25) is 0 Å². The number of piperidine rings is 1. The summed E-state index contributed by atoms with van der Waals surface area (Å²) >= 11 is 1.07. The molecular weight excluding hydrogens is 367 g/mol. The van der Waals surface area contributed by atoms with Crippen molar-refractivity contribution in [2.75, 3.05) is 13.1 Å². The Bertz CT molecular complexity index is 855. The summed E-state index contributed by atoms with van der Waals surface area (Å²) in [5, 5.41) is 6.47. The number of alkyl halides is 3. The first-order valence-corrected chi connectivity index (χ1v) is 8.82. The standard InChI is InChI=1S/C16H18F3N5OS/c17-16(18,19)8-3-4-11-10(6-8)24-15(26-11)12(14(21)25)13(20)23-9-2-1-5-22-7-9/h3-4,6,9,22-23H,1-2,5,7,20H2,(H2,21,25)/b13-12-/t9-/m1/s1. The van der Waals surface area contributed by atoms with E-state index in [1.807, 2.05) is 0 Å². The van der Waals surface area contributed by atoms with E-state index in [0.717, 1.165) is 42.9 Å². The average Bonchev–Trinajstić information content (AvgIpc) is 2.96. The molecule has 1 aromatic heterocycles. The summed E-state index contributed by atoms with van der Waals surface area (Å²) in [4.78, 5) is 16.0. The largest absolute Gasteiger partial charge is 0.416 e. The second kappa shape index (κ2) is 7.12. The molecule has 2 heterocycles. The minimum Gasteiger partial charge on any atom is -0.385 e. The van der Waals surface area contributed by atoms with E-state index >= 15 is 0 Å². The minimum absolute atomic E-state index is 0.00895. The second-order valence-corrected chi connectivity index (χ2v) is 7.07. The number of carbonyl (C=O) groups excluding carboxylic acids is 1. The van der Waals surface area contributed by atoms with E-state index in [4.69, 9.17) is 11.5 Å². The number of thiazole rings is 1. The molecule has 1 amide bonds. The van der Waals surface area contributed by atoms with Gasteiger partial charge in [-0.05, 0) is 37.6 Å². The Morgan fingerprint density at radius 1 is 1.35 bits per heavy atom. The van der Waals surface area contributed by atoms with Crippen LogP contribution in [0, 0.1) is 0 Å². The Kier molecular flexibility index (Phi) is 5.05. The van der Waals surface area contributed by atoms with E-state index in [0.29, 0.717) is 11.2 Å². The maximum Gasteiger partial charge on any atom is 0.416 e. The molecule has 6 N–H and O–H groups in total. The van der Waals surface area contributed by atoms with Gasteiger partial charge in [0, 0.05) is 12.6 Å². The summed E-state index contributed by atoms with van der Waals surface area (Å²) in [7, 11) is 0. The van der Waals surface area contributed by atoms with E-state index in [-0.39, 0.29) is 28.0 Å². The number of aromatic nitrogens is 1. The molecule has 0 radical (unpaired) electrons. The number of primary amides is 1. The van der Waals surface area contributed by atoms with Crippen LogP contribution in [0.5, 0.6) is 0 Å². The zero-order chi connectivity index (χ0) is 18.9. The first-order chi connectivity index (χ1) is 12.3. The van der Waals surface area contributed by atoms with Gasteiger partial charge in [-0.15, -0.1) is 11.3 Å². The lowest BCUT2D eigenvalue weighted by Gasteiger charge is -2.25. The smallest absolute Gasteiger partial charge is 0.385 e. The highest BCUT2D eigenvalue weighted by molar-refractivity contribution is 7.19. The van der Waals surface area contributed by atoms with Crippen molar-refractivity contribution in [3.05, 3.63) is 34.6 Å². The Balaban J connectivity index is 1.96. The van der Waals surface area contributed by atoms with Gasteiger partial charge in [-0.1, -0.05) is 0 Å². The lowest BCUT2D eigenvalue weighted by atomic mass is 10.1. The highest BCUT2D eigenvalue weighted by Gasteiger charge is 2.31. The zero-order valence-electron chi connectivity index (χ0n) is 13.7. The summed E-state index contributed by atoms with van der Waals surface area (Å²) in [5.41, 5.74) is 10.8. The number of rotatable bonds is 4. The van der Waals surface area contributed by atoms with Crippen LogP contribution < -0.4 is 22.1 Å². The van der Waals surface area contributed by atoms with Crippen molar-refractivity contribution < 1.29 is 18.0 Å². The van der Waals surface area contributed by atoms with Gasteiger partial charge in [0.15, 0.2) is 0 Å². The molecule has 0 saturated carbocycles. The fraction of sp³-hybridized carbons (Fsp3) is 0.375. The molecule has 26 heavy (non-hydrogen) atoms. The van der Waals surface area contributed by atoms with Crippen LogP contribution in [0.1, 0.15) is 23.4 Å². The number of halogens is 3. The number of fused-ring (bicyclic) bond motifs is 1. The molecule has 1 aliphatic rings. The number of nitrogens with zero attached hydrogens (tertiary/aromatic N) is 1. The molecule has 2 aromatic rings. The van der Waals surface area contributed by atoms with Crippen molar-refractivity contribution in [3.63, 3.8) is 0 Å². The van der Waals surface area contributed by atoms with Gasteiger partial charge in [0.25, 0.3) is 5.91 Å². The number of benzene rings is 1. The molecule has 0 bridgehead atoms. The maximum absolute atomic E-state index is 12.9. The third-order valence-corrected chi connectivity index (χ3v) is 5.15. The average molecular weight is 385 g/mol. The minimum atomic E-state index is -4.46. The van der Waals surface area contributed by atoms with Gasteiger partial charge in [0.1, 0.15) is 16.4 Å². The molecule has 6 nitrogen and oxygen atoms in total. The van der Waals surface area contributed by atoms with Crippen LogP contribution in [0.2, 0.25) is 0 Å². The quantitative estimate of drug-likeness (QED) is 0.600. The number of nitrogens with one attached hydrogen (secondary N) is 2. The third-order valence-electron chi connectivity index (χ3n) is 4.10. The van der Waals surface area contributed by atoms with Crippen LogP contribution in [0.4, 0.5) is 13.2 Å². The molecule has 140 valence electrons. The summed E-state index contributed by atoms with van der Waals surface area (Å²) in [6, 6.07) is 3.30. The molecule has 1 aromatic carbocycles. The molecule has 1 fully saturated rings. The zero-order valence-corrected chi connectivity index (χ0v) is 14.5. The van der Waals surface area contributed by atoms with Crippen LogP contribution in [0.25, 0.3) is 15.8 Å². The molecular formula is C16H18F3N5OS. The number of hydrogen-bond donors (Lipinski definition) is 4. The fourth-order valence-electron chi connectivity index (χ4n) is 2.83. The number of amides is 1. The molecule has 1 saturated heterocycles. The Hall–Kier alpha value is -2.33. The number of carbonyl (C=O) groups is 1. The Labute approximate surface area is 151 Å². The summed E-state index contributed by atoms with van der Waals surface area (Å²) in [6.45, 7) is 1.62. The Morgan fingerprint density at radius 2 is 2.12 bits per heavy atom. The van der Waals surface area contributed by atoms with Gasteiger partial charge in [-0.3, -0.25) is 4.79 Å². The van der Waals surface area contributed by atoms with Crippen molar-refractivity contribution in [2.45, 2.75) is 25.1 Å². The molecule has 3 rings (SSSR count). The maximum atomic E-state index is 12.9. The lowest BCUT2D eigenvalue weighted by molar-refractivity contribution is -0.137. The summed E-state index contributed by atoms with van der Waals surface area (Å²) < 4.78 is 39.1. The highest BCUT2D eigenvalue weighted by atomic mass is 32.1. The molecule has 0 unspecified atom stereocenters. The van der Waals surface area contributed by atoms with Crippen LogP contribution >= 0.6 is 11.3 Å². The van der Waals surface area contributed by atoms with Gasteiger partial charge in [0.05, 0.1) is 15.8 Å². The first kappa shape index (κ1) is 18.5. The van der Waals surface area contributed by atoms with Crippen molar-refractivity contribution in [1.29, 1.82) is 0 Å². The van der Waals surface area contributed by atoms with Crippen LogP contribution in [0.3, 0.4) is 0 Å². The first-order valence-electron chi connectivity index (χ1n) is 8.00. The van der Waals surface area contributed by atoms with Crippen molar-refractivity contribution in [1.82, 2.24) is 15.6 Å².